The lowest BCUT2D eigenvalue weighted by Gasteiger charge is -2.13. The van der Waals surface area contributed by atoms with Gasteiger partial charge in [0.15, 0.2) is 5.58 Å². The zero-order valence-corrected chi connectivity index (χ0v) is 14.7. The molecule has 0 fully saturated rings. The van der Waals surface area contributed by atoms with Crippen LogP contribution in [-0.2, 0) is 17.1 Å². The Balaban J connectivity index is 2.11. The molecule has 126 valence electrons. The second kappa shape index (κ2) is 5.52. The molecule has 1 N–H and O–H groups in total. The number of oxazole rings is 1. The third-order valence-electron chi connectivity index (χ3n) is 4.00. The molecule has 0 amide bonds. The van der Waals surface area contributed by atoms with Gasteiger partial charge in [-0.1, -0.05) is 17.7 Å². The van der Waals surface area contributed by atoms with Gasteiger partial charge in [-0.3, -0.25) is 9.29 Å². The smallest absolute Gasteiger partial charge is 0.408 e. The van der Waals surface area contributed by atoms with Crippen LogP contribution in [0.2, 0.25) is 0 Å². The number of sulfonamides is 1. The Morgan fingerprint density at radius 2 is 1.75 bits per heavy atom. The van der Waals surface area contributed by atoms with Crippen LogP contribution in [0.3, 0.4) is 0 Å². The maximum absolute atomic E-state index is 12.8. The molecular weight excluding hydrogens is 328 g/mol. The summed E-state index contributed by atoms with van der Waals surface area (Å²) in [6.07, 6.45) is 0. The van der Waals surface area contributed by atoms with Gasteiger partial charge in [0, 0.05) is 13.1 Å². The zero-order chi connectivity index (χ0) is 17.6. The highest BCUT2D eigenvalue weighted by Gasteiger charge is 2.20. The Kier molecular flexibility index (Phi) is 3.76. The van der Waals surface area contributed by atoms with Gasteiger partial charge in [-0.05, 0) is 44.0 Å². The SMILES string of the molecule is Cc1ccc(NS(=O)(=O)c2cc3oc(=O)n(C)c3cc2C)c(C)c1. The summed E-state index contributed by atoms with van der Waals surface area (Å²) < 4.78 is 34.6. The van der Waals surface area contributed by atoms with Gasteiger partial charge in [0.05, 0.1) is 16.1 Å². The van der Waals surface area contributed by atoms with Crippen molar-refractivity contribution < 1.29 is 12.8 Å². The van der Waals surface area contributed by atoms with Crippen molar-refractivity contribution in [3.05, 3.63) is 57.6 Å². The molecule has 0 bridgehead atoms. The molecule has 0 atom stereocenters. The predicted octanol–water partition coefficient (Wildman–Crippen LogP) is 2.86. The number of benzene rings is 2. The van der Waals surface area contributed by atoms with Crippen molar-refractivity contribution in [2.75, 3.05) is 4.72 Å². The lowest BCUT2D eigenvalue weighted by molar-refractivity contribution is 0.527. The Hall–Kier alpha value is -2.54. The van der Waals surface area contributed by atoms with Crippen molar-refractivity contribution >= 4 is 26.8 Å². The number of anilines is 1. The van der Waals surface area contributed by atoms with E-state index in [9.17, 15) is 13.2 Å². The van der Waals surface area contributed by atoms with E-state index in [4.69, 9.17) is 4.42 Å². The number of fused-ring (bicyclic) bond motifs is 1. The summed E-state index contributed by atoms with van der Waals surface area (Å²) in [6, 6.07) is 8.51. The Labute approximate surface area is 139 Å². The highest BCUT2D eigenvalue weighted by molar-refractivity contribution is 7.92. The molecular formula is C17H18N2O4S. The maximum atomic E-state index is 12.8. The van der Waals surface area contributed by atoms with Crippen LogP contribution >= 0.6 is 0 Å². The summed E-state index contributed by atoms with van der Waals surface area (Å²) in [5.74, 6) is -0.527. The van der Waals surface area contributed by atoms with Gasteiger partial charge in [-0.25, -0.2) is 13.2 Å². The molecule has 24 heavy (non-hydrogen) atoms. The van der Waals surface area contributed by atoms with Crippen LogP contribution in [-0.4, -0.2) is 13.0 Å². The highest BCUT2D eigenvalue weighted by atomic mass is 32.2. The Morgan fingerprint density at radius 1 is 1.04 bits per heavy atom. The second-order valence-corrected chi connectivity index (χ2v) is 7.59. The Bertz CT molecular complexity index is 1110. The fraction of sp³-hybridized carbons (Fsp3) is 0.235. The molecule has 2 aromatic carbocycles. The first-order valence-electron chi connectivity index (χ1n) is 7.39. The number of hydrogen-bond donors (Lipinski definition) is 1. The third kappa shape index (κ3) is 2.71. The molecule has 6 nitrogen and oxygen atoms in total. The fourth-order valence-corrected chi connectivity index (χ4v) is 4.05. The fourth-order valence-electron chi connectivity index (χ4n) is 2.68. The third-order valence-corrected chi connectivity index (χ3v) is 5.51. The van der Waals surface area contributed by atoms with E-state index in [2.05, 4.69) is 4.72 Å². The molecule has 1 heterocycles. The van der Waals surface area contributed by atoms with E-state index in [1.807, 2.05) is 26.0 Å². The molecule has 0 aliphatic carbocycles. The largest absolute Gasteiger partial charge is 0.419 e. The van der Waals surface area contributed by atoms with Gasteiger partial charge in [0.1, 0.15) is 0 Å². The van der Waals surface area contributed by atoms with Crippen LogP contribution in [0.4, 0.5) is 5.69 Å². The van der Waals surface area contributed by atoms with E-state index in [0.717, 1.165) is 11.1 Å². The number of aromatic nitrogens is 1. The van der Waals surface area contributed by atoms with E-state index in [0.29, 0.717) is 16.8 Å². The van der Waals surface area contributed by atoms with Crippen molar-refractivity contribution in [1.82, 2.24) is 4.57 Å². The lowest BCUT2D eigenvalue weighted by atomic mass is 10.1. The monoisotopic (exact) mass is 346 g/mol. The second-order valence-electron chi connectivity index (χ2n) is 5.94. The van der Waals surface area contributed by atoms with Crippen molar-refractivity contribution in [3.63, 3.8) is 0 Å². The number of nitrogens with one attached hydrogen (secondary N) is 1. The lowest BCUT2D eigenvalue weighted by Crippen LogP contribution is -2.15. The van der Waals surface area contributed by atoms with Gasteiger partial charge in [-0.2, -0.15) is 0 Å². The minimum atomic E-state index is -3.80. The first kappa shape index (κ1) is 16.3. The van der Waals surface area contributed by atoms with E-state index >= 15 is 0 Å². The van der Waals surface area contributed by atoms with Crippen LogP contribution < -0.4 is 10.5 Å². The summed E-state index contributed by atoms with van der Waals surface area (Å²) >= 11 is 0. The van der Waals surface area contributed by atoms with Crippen molar-refractivity contribution in [2.45, 2.75) is 25.7 Å². The quantitative estimate of drug-likeness (QED) is 0.791. The average molecular weight is 346 g/mol. The molecule has 3 rings (SSSR count). The Morgan fingerprint density at radius 3 is 2.42 bits per heavy atom. The number of rotatable bonds is 3. The molecule has 0 aliphatic rings. The minimum absolute atomic E-state index is 0.0873. The highest BCUT2D eigenvalue weighted by Crippen LogP contribution is 2.26. The van der Waals surface area contributed by atoms with E-state index in [1.54, 1.807) is 26.1 Å². The van der Waals surface area contributed by atoms with Crippen molar-refractivity contribution in [1.29, 1.82) is 0 Å². The molecule has 0 aliphatic heterocycles. The van der Waals surface area contributed by atoms with E-state index in [1.165, 1.54) is 10.6 Å². The molecule has 3 aromatic rings. The summed E-state index contributed by atoms with van der Waals surface area (Å²) in [4.78, 5) is 11.7. The normalized spacial score (nSPS) is 11.8. The maximum Gasteiger partial charge on any atom is 0.419 e. The first-order valence-corrected chi connectivity index (χ1v) is 8.87. The number of hydrogen-bond acceptors (Lipinski definition) is 4. The van der Waals surface area contributed by atoms with Gasteiger partial charge in [0.25, 0.3) is 10.0 Å². The predicted molar refractivity (Wildman–Crippen MR) is 92.9 cm³/mol. The summed E-state index contributed by atoms with van der Waals surface area (Å²) in [5, 5.41) is 0. The van der Waals surface area contributed by atoms with Gasteiger partial charge in [0.2, 0.25) is 0 Å². The summed E-state index contributed by atoms with van der Waals surface area (Å²) in [7, 11) is -2.22. The molecule has 7 heteroatoms. The van der Waals surface area contributed by atoms with Crippen molar-refractivity contribution in [3.8, 4) is 0 Å². The minimum Gasteiger partial charge on any atom is -0.408 e. The zero-order valence-electron chi connectivity index (χ0n) is 13.9. The van der Waals surface area contributed by atoms with E-state index < -0.39 is 15.8 Å². The number of nitrogens with zero attached hydrogens (tertiary/aromatic N) is 1. The standard InChI is InChI=1S/C17H18N2O4S/c1-10-5-6-13(11(2)7-10)18-24(21,22)16-9-15-14(8-12(16)3)19(4)17(20)23-15/h5-9,18H,1-4H3. The number of aryl methyl sites for hydroxylation is 4. The summed E-state index contributed by atoms with van der Waals surface area (Å²) in [5.41, 5.74) is 3.76. The molecule has 0 saturated carbocycles. The summed E-state index contributed by atoms with van der Waals surface area (Å²) in [6.45, 7) is 5.48. The average Bonchev–Trinajstić information content (AvgIpc) is 2.76. The van der Waals surface area contributed by atoms with E-state index in [-0.39, 0.29) is 10.5 Å². The van der Waals surface area contributed by atoms with Crippen LogP contribution in [0.1, 0.15) is 16.7 Å². The molecule has 0 unspecified atom stereocenters. The topological polar surface area (TPSA) is 81.3 Å². The van der Waals surface area contributed by atoms with Crippen LogP contribution in [0.25, 0.3) is 11.1 Å². The van der Waals surface area contributed by atoms with Crippen LogP contribution in [0, 0.1) is 20.8 Å². The van der Waals surface area contributed by atoms with Crippen molar-refractivity contribution in [2.24, 2.45) is 7.05 Å². The molecule has 0 spiro atoms. The first-order chi connectivity index (χ1) is 11.2. The van der Waals surface area contributed by atoms with Gasteiger partial charge in [-0.15, -0.1) is 0 Å². The molecule has 0 radical (unpaired) electrons. The van der Waals surface area contributed by atoms with Gasteiger partial charge >= 0.3 is 5.76 Å². The molecule has 0 saturated heterocycles. The van der Waals surface area contributed by atoms with Gasteiger partial charge < -0.3 is 4.42 Å². The van der Waals surface area contributed by atoms with Crippen LogP contribution in [0.15, 0.2) is 44.4 Å². The van der Waals surface area contributed by atoms with Crippen LogP contribution in [0.5, 0.6) is 0 Å². The molecule has 1 aromatic heterocycles.